The Balaban J connectivity index is 2.52. The van der Waals surface area contributed by atoms with Crippen molar-refractivity contribution < 1.29 is 19.0 Å². The molecule has 0 spiro atoms. The van der Waals surface area contributed by atoms with E-state index >= 15 is 0 Å². The Morgan fingerprint density at radius 2 is 2.00 bits per heavy atom. The van der Waals surface area contributed by atoms with Crippen LogP contribution in [0.3, 0.4) is 0 Å². The number of hydrogen-bond acceptors (Lipinski definition) is 5. The van der Waals surface area contributed by atoms with Crippen LogP contribution < -0.4 is 14.8 Å². The van der Waals surface area contributed by atoms with E-state index in [0.717, 1.165) is 23.5 Å². The van der Waals surface area contributed by atoms with Crippen molar-refractivity contribution in [2.45, 2.75) is 6.42 Å². The molecule has 0 heterocycles. The summed E-state index contributed by atoms with van der Waals surface area (Å²) in [6.07, 6.45) is 0.747. The number of nitrogens with one attached hydrogen (secondary N) is 1. The average Bonchev–Trinajstić information content (AvgIpc) is 2.42. The van der Waals surface area contributed by atoms with Gasteiger partial charge in [0.25, 0.3) is 0 Å². The van der Waals surface area contributed by atoms with E-state index in [9.17, 15) is 4.79 Å². The largest absolute Gasteiger partial charge is 0.497 e. The Kier molecular flexibility index (Phi) is 6.00. The maximum Gasteiger partial charge on any atom is 0.319 e. The summed E-state index contributed by atoms with van der Waals surface area (Å²) in [5.41, 5.74) is 1.04. The number of esters is 1. The molecular formula is C13H19NO4. The van der Waals surface area contributed by atoms with Gasteiger partial charge in [0.15, 0.2) is 0 Å². The van der Waals surface area contributed by atoms with Gasteiger partial charge in [0.05, 0.1) is 27.9 Å². The van der Waals surface area contributed by atoms with Gasteiger partial charge in [-0.15, -0.1) is 0 Å². The fourth-order valence-electron chi connectivity index (χ4n) is 1.56. The molecule has 0 saturated heterocycles. The lowest BCUT2D eigenvalue weighted by molar-refractivity contribution is -0.139. The zero-order chi connectivity index (χ0) is 13.4. The van der Waals surface area contributed by atoms with Crippen molar-refractivity contribution in [1.82, 2.24) is 5.32 Å². The normalized spacial score (nSPS) is 9.94. The van der Waals surface area contributed by atoms with Gasteiger partial charge >= 0.3 is 5.97 Å². The van der Waals surface area contributed by atoms with Crippen molar-refractivity contribution in [3.05, 3.63) is 23.8 Å². The van der Waals surface area contributed by atoms with Crippen LogP contribution >= 0.6 is 0 Å². The Morgan fingerprint density at radius 1 is 1.22 bits per heavy atom. The third-order valence-electron chi connectivity index (χ3n) is 2.56. The van der Waals surface area contributed by atoms with E-state index < -0.39 is 0 Å². The molecule has 0 aliphatic heterocycles. The van der Waals surface area contributed by atoms with E-state index in [0.29, 0.717) is 6.54 Å². The molecule has 0 bridgehead atoms. The Morgan fingerprint density at radius 3 is 2.61 bits per heavy atom. The standard InChI is InChI=1S/C13H19NO4/c1-16-11-4-5-12(17-2)10(8-11)6-7-14-9-13(15)18-3/h4-5,8,14H,6-7,9H2,1-3H3. The third-order valence-corrected chi connectivity index (χ3v) is 2.56. The first kappa shape index (κ1) is 14.3. The van der Waals surface area contributed by atoms with Crippen molar-refractivity contribution >= 4 is 5.97 Å². The molecule has 5 nitrogen and oxygen atoms in total. The van der Waals surface area contributed by atoms with Gasteiger partial charge in [-0.3, -0.25) is 4.79 Å². The van der Waals surface area contributed by atoms with Crippen molar-refractivity contribution in [3.63, 3.8) is 0 Å². The van der Waals surface area contributed by atoms with Crippen LogP contribution in [-0.2, 0) is 16.0 Å². The molecule has 1 N–H and O–H groups in total. The summed E-state index contributed by atoms with van der Waals surface area (Å²) < 4.78 is 15.0. The first-order valence-electron chi connectivity index (χ1n) is 5.69. The van der Waals surface area contributed by atoms with Gasteiger partial charge in [0.2, 0.25) is 0 Å². The Labute approximate surface area is 107 Å². The van der Waals surface area contributed by atoms with Crippen LogP contribution in [0.1, 0.15) is 5.56 Å². The van der Waals surface area contributed by atoms with Crippen LogP contribution in [-0.4, -0.2) is 40.4 Å². The van der Waals surface area contributed by atoms with Gasteiger partial charge in [-0.25, -0.2) is 0 Å². The molecule has 0 aliphatic rings. The quantitative estimate of drug-likeness (QED) is 0.580. The summed E-state index contributed by atoms with van der Waals surface area (Å²) in [5, 5.41) is 3.00. The summed E-state index contributed by atoms with van der Waals surface area (Å²) in [6.45, 7) is 0.876. The minimum Gasteiger partial charge on any atom is -0.497 e. The second kappa shape index (κ2) is 7.55. The third kappa shape index (κ3) is 4.25. The highest BCUT2D eigenvalue weighted by Gasteiger charge is 2.05. The van der Waals surface area contributed by atoms with E-state index in [1.165, 1.54) is 7.11 Å². The predicted molar refractivity (Wildman–Crippen MR) is 68.1 cm³/mol. The summed E-state index contributed by atoms with van der Waals surface area (Å²) in [4.78, 5) is 10.9. The van der Waals surface area contributed by atoms with E-state index in [1.54, 1.807) is 14.2 Å². The van der Waals surface area contributed by atoms with Crippen LogP contribution in [0.15, 0.2) is 18.2 Å². The summed E-state index contributed by atoms with van der Waals surface area (Å²) in [5.74, 6) is 1.34. The van der Waals surface area contributed by atoms with E-state index in [2.05, 4.69) is 10.1 Å². The molecule has 18 heavy (non-hydrogen) atoms. The number of carbonyl (C=O) groups excluding carboxylic acids is 1. The SMILES string of the molecule is COC(=O)CNCCc1cc(OC)ccc1OC. The number of ether oxygens (including phenoxy) is 3. The first-order valence-corrected chi connectivity index (χ1v) is 5.69. The second-order valence-corrected chi connectivity index (χ2v) is 3.68. The smallest absolute Gasteiger partial charge is 0.319 e. The molecule has 0 aliphatic carbocycles. The molecule has 1 aromatic carbocycles. The Bertz CT molecular complexity index is 393. The number of methoxy groups -OCH3 is 3. The zero-order valence-corrected chi connectivity index (χ0v) is 11.0. The fourth-order valence-corrected chi connectivity index (χ4v) is 1.56. The lowest BCUT2D eigenvalue weighted by Gasteiger charge is -2.10. The molecule has 0 radical (unpaired) electrons. The maximum atomic E-state index is 10.9. The molecule has 5 heteroatoms. The highest BCUT2D eigenvalue weighted by molar-refractivity contribution is 5.71. The lowest BCUT2D eigenvalue weighted by Crippen LogP contribution is -2.25. The highest BCUT2D eigenvalue weighted by atomic mass is 16.5. The molecule has 100 valence electrons. The minimum absolute atomic E-state index is 0.211. The van der Waals surface area contributed by atoms with Crippen LogP contribution in [0, 0.1) is 0 Å². The lowest BCUT2D eigenvalue weighted by atomic mass is 10.1. The summed E-state index contributed by atoms with van der Waals surface area (Å²) in [6, 6.07) is 5.65. The molecule has 1 aromatic rings. The molecule has 0 saturated carbocycles. The predicted octanol–water partition coefficient (Wildman–Crippen LogP) is 1.01. The van der Waals surface area contributed by atoms with Crippen molar-refractivity contribution in [1.29, 1.82) is 0 Å². The van der Waals surface area contributed by atoms with Gasteiger partial charge in [0.1, 0.15) is 11.5 Å². The van der Waals surface area contributed by atoms with Crippen LogP contribution in [0.4, 0.5) is 0 Å². The number of benzene rings is 1. The number of carbonyl (C=O) groups is 1. The number of rotatable bonds is 7. The molecule has 0 aromatic heterocycles. The molecule has 1 rings (SSSR count). The average molecular weight is 253 g/mol. The van der Waals surface area contributed by atoms with Gasteiger partial charge in [-0.1, -0.05) is 0 Å². The van der Waals surface area contributed by atoms with Gasteiger partial charge in [-0.05, 0) is 36.7 Å². The monoisotopic (exact) mass is 253 g/mol. The number of hydrogen-bond donors (Lipinski definition) is 1. The van der Waals surface area contributed by atoms with Crippen molar-refractivity contribution in [3.8, 4) is 11.5 Å². The minimum atomic E-state index is -0.271. The first-order chi connectivity index (χ1) is 8.71. The van der Waals surface area contributed by atoms with Crippen LogP contribution in [0.25, 0.3) is 0 Å². The zero-order valence-electron chi connectivity index (χ0n) is 11.0. The van der Waals surface area contributed by atoms with Crippen LogP contribution in [0.5, 0.6) is 11.5 Å². The van der Waals surface area contributed by atoms with Crippen molar-refractivity contribution in [2.75, 3.05) is 34.4 Å². The molecule has 0 unspecified atom stereocenters. The van der Waals surface area contributed by atoms with E-state index in [1.807, 2.05) is 18.2 Å². The molecule has 0 atom stereocenters. The topological polar surface area (TPSA) is 56.8 Å². The Hall–Kier alpha value is -1.75. The highest BCUT2D eigenvalue weighted by Crippen LogP contribution is 2.23. The van der Waals surface area contributed by atoms with Crippen molar-refractivity contribution in [2.24, 2.45) is 0 Å². The molecular weight excluding hydrogens is 234 g/mol. The van der Waals surface area contributed by atoms with E-state index in [-0.39, 0.29) is 12.5 Å². The molecule has 0 fully saturated rings. The van der Waals surface area contributed by atoms with Gasteiger partial charge in [-0.2, -0.15) is 0 Å². The molecule has 0 amide bonds. The van der Waals surface area contributed by atoms with Crippen LogP contribution in [0.2, 0.25) is 0 Å². The summed E-state index contributed by atoms with van der Waals surface area (Å²) >= 11 is 0. The maximum absolute atomic E-state index is 10.9. The second-order valence-electron chi connectivity index (χ2n) is 3.68. The fraction of sp³-hybridized carbons (Fsp3) is 0.462. The van der Waals surface area contributed by atoms with Gasteiger partial charge in [0, 0.05) is 0 Å². The van der Waals surface area contributed by atoms with Gasteiger partial charge < -0.3 is 19.5 Å². The van der Waals surface area contributed by atoms with E-state index in [4.69, 9.17) is 9.47 Å². The summed E-state index contributed by atoms with van der Waals surface area (Å²) in [7, 11) is 4.63.